The second kappa shape index (κ2) is 24.0. The summed E-state index contributed by atoms with van der Waals surface area (Å²) in [5.41, 5.74) is 7.68. The Morgan fingerprint density at radius 2 is 1.45 bits per heavy atom. The van der Waals surface area contributed by atoms with E-state index in [-0.39, 0.29) is 83.9 Å². The molecule has 0 spiro atoms. The molecular weight excluding hydrogens is 853 g/mol. The van der Waals surface area contributed by atoms with Crippen LogP contribution in [0.15, 0.2) is 28.7 Å². The van der Waals surface area contributed by atoms with Crippen LogP contribution in [-0.2, 0) is 19.1 Å². The Hall–Kier alpha value is -4.00. The first-order valence-electron chi connectivity index (χ1n) is 24.9. The number of aromatic nitrogens is 2. The average molecular weight is 930 g/mol. The summed E-state index contributed by atoms with van der Waals surface area (Å²) < 4.78 is 11.0. The van der Waals surface area contributed by atoms with Crippen LogP contribution >= 0.6 is 0 Å². The van der Waals surface area contributed by atoms with E-state index < -0.39 is 17.9 Å². The Kier molecular flexibility index (Phi) is 19.3. The maximum Gasteiger partial charge on any atom is 2.00 e. The van der Waals surface area contributed by atoms with Crippen LogP contribution in [0.25, 0.3) is 40.2 Å². The van der Waals surface area contributed by atoms with Crippen molar-refractivity contribution in [3.8, 4) is 0 Å². The molecule has 1 unspecified atom stereocenters. The number of hydrogen-bond acceptors (Lipinski definition) is 7. The molecule has 8 bridgehead atoms. The fraction of sp³-hybridized carbons (Fsp3) is 0.618. The molecule has 0 amide bonds. The summed E-state index contributed by atoms with van der Waals surface area (Å²) in [6.45, 7) is 21.0. The van der Waals surface area contributed by atoms with E-state index >= 15 is 0 Å². The van der Waals surface area contributed by atoms with Gasteiger partial charge in [-0.15, -0.1) is 22.4 Å². The van der Waals surface area contributed by atoms with Crippen molar-refractivity contribution in [3.63, 3.8) is 0 Å². The normalized spacial score (nSPS) is 25.3. The average Bonchev–Trinajstić information content (AvgIpc) is 4.02. The Morgan fingerprint density at radius 1 is 0.821 bits per heavy atom. The maximum absolute atomic E-state index is 13.7. The molecule has 67 heavy (non-hydrogen) atoms. The molecule has 0 saturated carbocycles. The van der Waals surface area contributed by atoms with Crippen molar-refractivity contribution in [1.82, 2.24) is 9.97 Å². The molecule has 0 radical (unpaired) electrons. The van der Waals surface area contributed by atoms with E-state index in [2.05, 4.69) is 48.5 Å². The maximum atomic E-state index is 13.7. The molecule has 2 N–H and O–H groups in total. The number of ketones is 1. The zero-order chi connectivity index (χ0) is 48.0. The number of hydrogen-bond donors (Lipinski definition) is 2. The quantitative estimate of drug-likeness (QED) is 0.0536. The molecule has 5 heterocycles. The molecule has 11 nitrogen and oxygen atoms in total. The number of nitrogens with zero attached hydrogens (tertiary/aromatic N) is 4. The van der Waals surface area contributed by atoms with Crippen LogP contribution in [0.2, 0.25) is 0 Å². The van der Waals surface area contributed by atoms with Gasteiger partial charge in [0.05, 0.1) is 13.7 Å². The van der Waals surface area contributed by atoms with Crippen LogP contribution in [0.1, 0.15) is 171 Å². The van der Waals surface area contributed by atoms with Crippen molar-refractivity contribution in [2.24, 2.45) is 47.3 Å². The van der Waals surface area contributed by atoms with Gasteiger partial charge in [-0.2, -0.15) is 17.1 Å². The van der Waals surface area contributed by atoms with Gasteiger partial charge >= 0.3 is 35.0 Å². The number of Topliss-reactive ketones (excluding diaryl/α,β-unsaturated/α-hetero) is 1. The van der Waals surface area contributed by atoms with E-state index in [1.807, 2.05) is 38.2 Å². The predicted octanol–water partition coefficient (Wildman–Crippen LogP) is 10.1. The van der Waals surface area contributed by atoms with Crippen molar-refractivity contribution in [3.05, 3.63) is 83.7 Å². The molecule has 3 aliphatic heterocycles. The molecule has 2 aromatic heterocycles. The number of allylic oxidation sites excluding steroid dienone is 3. The number of aliphatic hydroxyl groups is 2. The zero-order valence-electron chi connectivity index (χ0n) is 42.3. The van der Waals surface area contributed by atoms with E-state index in [1.165, 1.54) is 45.6 Å². The monoisotopic (exact) mass is 929 g/mol. The minimum absolute atomic E-state index is 0. The summed E-state index contributed by atoms with van der Waals surface area (Å²) in [6, 6.07) is -0.649. The Bertz CT molecular complexity index is 2360. The molecule has 2 saturated heterocycles. The van der Waals surface area contributed by atoms with E-state index in [4.69, 9.17) is 30.1 Å². The number of rotatable bonds is 21. The molecule has 362 valence electrons. The van der Waals surface area contributed by atoms with E-state index in [1.54, 1.807) is 6.92 Å². The first-order chi connectivity index (χ1) is 31.5. The van der Waals surface area contributed by atoms with E-state index in [9.17, 15) is 24.6 Å². The SMILES string of the molecule is CC[C@H]1/C2=C/c3[n-]c4c(c3C)=C(O)[C@H](C(=O)OC)C=4C3[N-]/C(=C\c4[n-]c(c(C(C)=O)c4C)/C=C(\[N-]2)[C@@H]1C)[C@@H](C)[C@@H]3CCC(=O)OC/C=C(\CO)CCC[C@H](C)CCC[C@H](C)CCCC(C)C.[Mg+2]. The summed E-state index contributed by atoms with van der Waals surface area (Å²) >= 11 is 0. The van der Waals surface area contributed by atoms with Crippen LogP contribution in [0, 0.1) is 61.2 Å². The van der Waals surface area contributed by atoms with Gasteiger partial charge in [-0.05, 0) is 93.1 Å². The molecule has 8 atom stereocenters. The summed E-state index contributed by atoms with van der Waals surface area (Å²) in [5, 5.41) is 33.5. The summed E-state index contributed by atoms with van der Waals surface area (Å²) in [4.78, 5) is 50.5. The minimum Gasteiger partial charge on any atom is -0.681 e. The largest absolute Gasteiger partial charge is 2.00 e. The van der Waals surface area contributed by atoms with Gasteiger partial charge < -0.3 is 40.3 Å². The third kappa shape index (κ3) is 12.2. The third-order valence-electron chi connectivity index (χ3n) is 15.1. The first-order valence-corrected chi connectivity index (χ1v) is 24.9. The van der Waals surface area contributed by atoms with Gasteiger partial charge in [-0.1, -0.05) is 141 Å². The number of ether oxygens (including phenoxy) is 2. The van der Waals surface area contributed by atoms with Crippen LogP contribution in [0.3, 0.4) is 0 Å². The van der Waals surface area contributed by atoms with Crippen LogP contribution in [0.5, 0.6) is 0 Å². The molecule has 2 aromatic rings. The Morgan fingerprint density at radius 3 is 2.07 bits per heavy atom. The van der Waals surface area contributed by atoms with Gasteiger partial charge in [-0.25, -0.2) is 0 Å². The summed E-state index contributed by atoms with van der Waals surface area (Å²) in [7, 11) is 1.31. The molecule has 6 rings (SSSR count). The molecule has 0 aromatic carbocycles. The number of methoxy groups -OCH3 is 1. The van der Waals surface area contributed by atoms with Gasteiger partial charge in [0.1, 0.15) is 18.3 Å². The van der Waals surface area contributed by atoms with Crippen LogP contribution < -0.4 is 20.5 Å². The zero-order valence-corrected chi connectivity index (χ0v) is 43.8. The third-order valence-corrected chi connectivity index (χ3v) is 15.1. The van der Waals surface area contributed by atoms with E-state index in [0.717, 1.165) is 65.6 Å². The number of carbonyl (C=O) groups excluding carboxylic acids is 3. The first kappa shape index (κ1) is 53.9. The van der Waals surface area contributed by atoms with E-state index in [0.29, 0.717) is 56.8 Å². The Labute approximate surface area is 416 Å². The molecule has 4 aliphatic rings. The second-order valence-corrected chi connectivity index (χ2v) is 20.3. The molecule has 12 heteroatoms. The van der Waals surface area contributed by atoms with Crippen molar-refractivity contribution in [1.29, 1.82) is 0 Å². The fourth-order valence-corrected chi connectivity index (χ4v) is 10.9. The number of fused-ring (bicyclic) bond motifs is 8. The van der Waals surface area contributed by atoms with Crippen molar-refractivity contribution in [2.75, 3.05) is 20.3 Å². The van der Waals surface area contributed by atoms with Gasteiger partial charge in [-0.3, -0.25) is 14.4 Å². The second-order valence-electron chi connectivity index (χ2n) is 20.3. The fourth-order valence-electron chi connectivity index (χ4n) is 10.9. The molecular formula is C55H76MgN4O7-2. The number of carbonyl (C=O) groups is 3. The topological polar surface area (TPSA) is 167 Å². The minimum atomic E-state index is -1.12. The van der Waals surface area contributed by atoms with Crippen molar-refractivity contribution >= 4 is 70.3 Å². The smallest absolute Gasteiger partial charge is 0.681 e. The van der Waals surface area contributed by atoms with Gasteiger partial charge in [0.2, 0.25) is 0 Å². The van der Waals surface area contributed by atoms with Crippen LogP contribution in [0.4, 0.5) is 0 Å². The molecule has 1 aliphatic carbocycles. The van der Waals surface area contributed by atoms with Crippen LogP contribution in [-0.4, -0.2) is 77.4 Å². The van der Waals surface area contributed by atoms with Gasteiger partial charge in [0, 0.05) is 17.2 Å². The number of aliphatic hydroxyl groups excluding tert-OH is 2. The summed E-state index contributed by atoms with van der Waals surface area (Å²) in [5.74, 6) is -0.493. The summed E-state index contributed by atoms with van der Waals surface area (Å²) in [6.07, 6.45) is 19.5. The van der Waals surface area contributed by atoms with Gasteiger partial charge in [0.25, 0.3) is 0 Å². The predicted molar refractivity (Wildman–Crippen MR) is 269 cm³/mol. The van der Waals surface area contributed by atoms with Gasteiger partial charge in [0.15, 0.2) is 5.78 Å². The Balaban J connectivity index is 0.00000840. The standard InChI is InChI=1S/C55H77N4O7.Mg/c1-12-39-33(6)41-28-46-48(37(10)61)35(8)43(57-46)26-42-34(7)40(52(58-42)50-51(55(64)65-11)54(63)49-36(9)44(59-53(49)50)27-45(39)56-41)22-23-47(62)66-25-24-38(29-60)21-15-20-32(5)19-14-18-31(4)17-13-16-30(2)3;/h24,26-28,30-34,39-40,51-52,60H,12-23,25,29H2,1-11H3,(H2-,56,57,61,63);/q-3;+2/p-1/b38-24-,42-26-,45-27-;/t31-,32-,33-,34+,39-,40+,51-,52?;/m1./s1. The van der Waals surface area contributed by atoms with Crippen molar-refractivity contribution in [2.45, 2.75) is 152 Å². The van der Waals surface area contributed by atoms with Crippen molar-refractivity contribution < 1.29 is 34.1 Å². The number of esters is 2. The molecule has 2 fully saturated rings.